The summed E-state index contributed by atoms with van der Waals surface area (Å²) in [7, 11) is -3.90. The third-order valence-corrected chi connectivity index (χ3v) is 7.29. The van der Waals surface area contributed by atoms with E-state index in [-0.39, 0.29) is 26.2 Å². The third-order valence-electron chi connectivity index (χ3n) is 4.17. The highest BCUT2D eigenvalue weighted by molar-refractivity contribution is 7.92. The number of carbonyl (C=O) groups excluding carboxylic acids is 1. The van der Waals surface area contributed by atoms with Gasteiger partial charge in [-0.2, -0.15) is 0 Å². The lowest BCUT2D eigenvalue weighted by Crippen LogP contribution is -2.15. The Morgan fingerprint density at radius 1 is 1.07 bits per heavy atom. The molecule has 3 aromatic rings. The van der Waals surface area contributed by atoms with Crippen LogP contribution in [-0.2, 0) is 10.0 Å². The minimum atomic E-state index is -3.90. The summed E-state index contributed by atoms with van der Waals surface area (Å²) in [4.78, 5) is 12.5. The first-order valence-corrected chi connectivity index (χ1v) is 11.6. The zero-order chi connectivity index (χ0) is 20.6. The van der Waals surface area contributed by atoms with Crippen molar-refractivity contribution in [2.75, 3.05) is 10.0 Å². The van der Waals surface area contributed by atoms with E-state index < -0.39 is 15.9 Å². The second-order valence-electron chi connectivity index (χ2n) is 6.44. The molecule has 0 unspecified atom stereocenters. The maximum atomic E-state index is 12.6. The normalized spacial score (nSPS) is 13.9. The van der Waals surface area contributed by atoms with Gasteiger partial charge in [0.2, 0.25) is 5.13 Å². The zero-order valence-electron chi connectivity index (χ0n) is 14.7. The summed E-state index contributed by atoms with van der Waals surface area (Å²) in [6.45, 7) is 0. The van der Waals surface area contributed by atoms with Gasteiger partial charge in [-0.3, -0.25) is 14.8 Å². The minimum Gasteiger partial charge on any atom is -0.296 e. The summed E-state index contributed by atoms with van der Waals surface area (Å²) >= 11 is 13.1. The van der Waals surface area contributed by atoms with Gasteiger partial charge >= 0.3 is 0 Å². The van der Waals surface area contributed by atoms with E-state index >= 15 is 0 Å². The maximum absolute atomic E-state index is 12.6. The van der Waals surface area contributed by atoms with Gasteiger partial charge in [0.25, 0.3) is 15.9 Å². The van der Waals surface area contributed by atoms with Crippen LogP contribution in [0.5, 0.6) is 0 Å². The molecule has 0 bridgehead atoms. The van der Waals surface area contributed by atoms with Gasteiger partial charge in [0.1, 0.15) is 5.01 Å². The monoisotopic (exact) mass is 468 g/mol. The van der Waals surface area contributed by atoms with Gasteiger partial charge in [-0.1, -0.05) is 40.6 Å². The van der Waals surface area contributed by atoms with Crippen LogP contribution < -0.4 is 10.0 Å². The van der Waals surface area contributed by atoms with Gasteiger partial charge in [-0.15, -0.1) is 10.2 Å². The Kier molecular flexibility index (Phi) is 5.48. The van der Waals surface area contributed by atoms with Crippen LogP contribution in [0.4, 0.5) is 10.8 Å². The zero-order valence-corrected chi connectivity index (χ0v) is 17.9. The number of anilines is 2. The number of aromatic nitrogens is 2. The number of hydrogen-bond donors (Lipinski definition) is 2. The van der Waals surface area contributed by atoms with Crippen LogP contribution in [-0.4, -0.2) is 24.5 Å². The fourth-order valence-corrected chi connectivity index (χ4v) is 4.88. The highest BCUT2D eigenvalue weighted by Crippen LogP contribution is 2.42. The number of nitrogens with zero attached hydrogens (tertiary/aromatic N) is 2. The number of sulfonamides is 1. The quantitative estimate of drug-likeness (QED) is 0.542. The van der Waals surface area contributed by atoms with Crippen molar-refractivity contribution < 1.29 is 13.2 Å². The SMILES string of the molecule is O=C(Nc1nnc(C2CC2)s1)c1cccc(NS(=O)(=O)c2ccc(Cl)c(Cl)c2)c1. The highest BCUT2D eigenvalue weighted by Gasteiger charge is 2.27. The van der Waals surface area contributed by atoms with Crippen LogP contribution >= 0.6 is 34.5 Å². The van der Waals surface area contributed by atoms with E-state index in [2.05, 4.69) is 20.2 Å². The highest BCUT2D eigenvalue weighted by atomic mass is 35.5. The minimum absolute atomic E-state index is 0.0387. The van der Waals surface area contributed by atoms with Crippen LogP contribution in [0, 0.1) is 0 Å². The van der Waals surface area contributed by atoms with Crippen molar-refractivity contribution >= 4 is 61.3 Å². The van der Waals surface area contributed by atoms with Crippen LogP contribution in [0.3, 0.4) is 0 Å². The molecule has 2 N–H and O–H groups in total. The molecule has 150 valence electrons. The first-order chi connectivity index (χ1) is 13.8. The molecule has 1 heterocycles. The Morgan fingerprint density at radius 3 is 2.59 bits per heavy atom. The summed E-state index contributed by atoms with van der Waals surface area (Å²) in [5, 5.41) is 12.5. The Balaban J connectivity index is 1.49. The molecule has 4 rings (SSSR count). The number of hydrogen-bond acceptors (Lipinski definition) is 6. The summed E-state index contributed by atoms with van der Waals surface area (Å²) in [5.74, 6) is 0.0522. The first kappa shape index (κ1) is 20.1. The fraction of sp³-hybridized carbons (Fsp3) is 0.167. The number of benzene rings is 2. The summed E-state index contributed by atoms with van der Waals surface area (Å²) in [5.41, 5.74) is 0.516. The van der Waals surface area contributed by atoms with Crippen LogP contribution in [0.25, 0.3) is 0 Å². The van der Waals surface area contributed by atoms with Crippen molar-refractivity contribution in [1.82, 2.24) is 10.2 Å². The lowest BCUT2D eigenvalue weighted by atomic mass is 10.2. The lowest BCUT2D eigenvalue weighted by Gasteiger charge is -2.10. The lowest BCUT2D eigenvalue weighted by molar-refractivity contribution is 0.102. The van der Waals surface area contributed by atoms with Crippen molar-refractivity contribution in [3.63, 3.8) is 0 Å². The second-order valence-corrected chi connectivity index (χ2v) is 9.94. The van der Waals surface area contributed by atoms with E-state index in [0.717, 1.165) is 17.8 Å². The molecule has 1 aliphatic carbocycles. The third kappa shape index (κ3) is 4.69. The molecule has 0 saturated heterocycles. The van der Waals surface area contributed by atoms with Crippen LogP contribution in [0.2, 0.25) is 10.0 Å². The molecule has 1 amide bonds. The smallest absolute Gasteiger partial charge is 0.261 e. The molecular formula is C18H14Cl2N4O3S2. The first-order valence-electron chi connectivity index (χ1n) is 8.54. The van der Waals surface area contributed by atoms with E-state index in [9.17, 15) is 13.2 Å². The summed E-state index contributed by atoms with van der Waals surface area (Å²) in [6, 6.07) is 10.2. The number of nitrogens with one attached hydrogen (secondary N) is 2. The van der Waals surface area contributed by atoms with Crippen molar-refractivity contribution in [2.45, 2.75) is 23.7 Å². The fourth-order valence-electron chi connectivity index (χ4n) is 2.53. The number of rotatable bonds is 6. The average molecular weight is 469 g/mol. The van der Waals surface area contributed by atoms with Gasteiger partial charge < -0.3 is 0 Å². The van der Waals surface area contributed by atoms with E-state index in [1.807, 2.05) is 0 Å². The Bertz CT molecular complexity index is 1190. The molecule has 29 heavy (non-hydrogen) atoms. The van der Waals surface area contributed by atoms with E-state index in [0.29, 0.717) is 11.0 Å². The van der Waals surface area contributed by atoms with Gasteiger partial charge in [-0.05, 0) is 49.2 Å². The van der Waals surface area contributed by atoms with Crippen molar-refractivity contribution in [3.05, 3.63) is 63.1 Å². The topological polar surface area (TPSA) is 101 Å². The molecule has 7 nitrogen and oxygen atoms in total. The molecule has 1 fully saturated rings. The van der Waals surface area contributed by atoms with Crippen molar-refractivity contribution in [3.8, 4) is 0 Å². The predicted molar refractivity (Wildman–Crippen MR) is 114 cm³/mol. The molecule has 0 spiro atoms. The molecule has 0 atom stereocenters. The Hall–Kier alpha value is -2.20. The molecule has 2 aromatic carbocycles. The van der Waals surface area contributed by atoms with Gasteiger partial charge in [0.05, 0.1) is 14.9 Å². The standard InChI is InChI=1S/C18H14Cl2N4O3S2/c19-14-7-6-13(9-15(14)20)29(26,27)24-12-3-1-2-11(8-12)16(25)21-18-23-22-17(28-18)10-4-5-10/h1-3,6-10,24H,4-5H2,(H,21,23,25). The molecule has 0 aliphatic heterocycles. The van der Waals surface area contributed by atoms with Gasteiger partial charge in [0.15, 0.2) is 0 Å². The number of carbonyl (C=O) groups is 1. The van der Waals surface area contributed by atoms with E-state index in [4.69, 9.17) is 23.2 Å². The molecule has 1 saturated carbocycles. The number of halogens is 2. The largest absolute Gasteiger partial charge is 0.296 e. The average Bonchev–Trinajstić information content (AvgIpc) is 3.43. The number of amides is 1. The molecule has 0 radical (unpaired) electrons. The van der Waals surface area contributed by atoms with Gasteiger partial charge in [-0.25, -0.2) is 8.42 Å². The maximum Gasteiger partial charge on any atom is 0.261 e. The molecule has 1 aliphatic rings. The summed E-state index contributed by atoms with van der Waals surface area (Å²) in [6.07, 6.45) is 2.20. The van der Waals surface area contributed by atoms with E-state index in [1.54, 1.807) is 18.2 Å². The molecular weight excluding hydrogens is 455 g/mol. The Labute approximate surface area is 181 Å². The predicted octanol–water partition coefficient (Wildman–Crippen LogP) is 4.78. The second kappa shape index (κ2) is 7.91. The molecule has 1 aromatic heterocycles. The van der Waals surface area contributed by atoms with Crippen LogP contribution in [0.1, 0.15) is 34.1 Å². The van der Waals surface area contributed by atoms with Crippen molar-refractivity contribution in [1.29, 1.82) is 0 Å². The molecule has 11 heteroatoms. The van der Waals surface area contributed by atoms with Crippen molar-refractivity contribution in [2.24, 2.45) is 0 Å². The Morgan fingerprint density at radius 2 is 1.86 bits per heavy atom. The van der Waals surface area contributed by atoms with Crippen LogP contribution in [0.15, 0.2) is 47.4 Å². The van der Waals surface area contributed by atoms with Gasteiger partial charge in [0, 0.05) is 17.2 Å². The van der Waals surface area contributed by atoms with E-state index in [1.165, 1.54) is 35.6 Å². The summed E-state index contributed by atoms with van der Waals surface area (Å²) < 4.78 is 27.6.